The van der Waals surface area contributed by atoms with E-state index in [1.165, 1.54) is 13.3 Å². The van der Waals surface area contributed by atoms with Gasteiger partial charge in [-0.2, -0.15) is 0 Å². The van der Waals surface area contributed by atoms with Crippen LogP contribution in [0.2, 0.25) is 0 Å². The molecule has 0 aliphatic carbocycles. The van der Waals surface area contributed by atoms with E-state index in [1.54, 1.807) is 12.1 Å². The van der Waals surface area contributed by atoms with Gasteiger partial charge in [-0.1, -0.05) is 6.07 Å². The molecule has 0 bridgehead atoms. The first-order valence-electron chi connectivity index (χ1n) is 4.00. The number of methoxy groups -OCH3 is 1. The summed E-state index contributed by atoms with van der Waals surface area (Å²) in [5.74, 6) is -0.444. The minimum absolute atomic E-state index is 0.0557. The molecule has 14 heavy (non-hydrogen) atoms. The van der Waals surface area contributed by atoms with Gasteiger partial charge in [0.15, 0.2) is 0 Å². The van der Waals surface area contributed by atoms with Gasteiger partial charge >= 0.3 is 5.97 Å². The highest BCUT2D eigenvalue weighted by atomic mass is 79.9. The number of aliphatic hydroxyl groups is 1. The second kappa shape index (κ2) is 5.07. The van der Waals surface area contributed by atoms with E-state index >= 15 is 0 Å². The molecule has 0 unspecified atom stereocenters. The number of rotatable bonds is 3. The van der Waals surface area contributed by atoms with E-state index in [1.807, 2.05) is 0 Å². The largest absolute Gasteiger partial charge is 0.469 e. The number of ether oxygens (including phenoxy) is 1. The van der Waals surface area contributed by atoms with Crippen molar-refractivity contribution in [2.75, 3.05) is 7.11 Å². The van der Waals surface area contributed by atoms with Gasteiger partial charge in [0.2, 0.25) is 0 Å². The molecule has 1 heterocycles. The van der Waals surface area contributed by atoms with Crippen molar-refractivity contribution in [3.63, 3.8) is 0 Å². The number of nitrogens with zero attached hydrogens (tertiary/aromatic N) is 1. The zero-order valence-corrected chi connectivity index (χ0v) is 9.19. The van der Waals surface area contributed by atoms with Gasteiger partial charge in [0, 0.05) is 6.20 Å². The summed E-state index contributed by atoms with van der Waals surface area (Å²) in [5, 5.41) is 9.56. The Morgan fingerprint density at radius 3 is 2.93 bits per heavy atom. The van der Waals surface area contributed by atoms with Crippen LogP contribution in [0.4, 0.5) is 0 Å². The molecule has 1 aromatic heterocycles. The Kier molecular flexibility index (Phi) is 4.03. The maximum Gasteiger partial charge on any atom is 0.308 e. The lowest BCUT2D eigenvalue weighted by Crippen LogP contribution is -2.08. The summed E-state index contributed by atoms with van der Waals surface area (Å²) in [5.41, 5.74) is 0.596. The molecule has 0 aliphatic heterocycles. The normalized spacial score (nSPS) is 12.2. The van der Waals surface area contributed by atoms with Crippen LogP contribution in [-0.2, 0) is 9.53 Å². The number of hydrogen-bond acceptors (Lipinski definition) is 4. The Labute approximate surface area is 90.0 Å². The number of esters is 1. The average Bonchev–Trinajstić information content (AvgIpc) is 2.18. The van der Waals surface area contributed by atoms with Crippen molar-refractivity contribution in [3.8, 4) is 0 Å². The third-order valence-electron chi connectivity index (χ3n) is 1.72. The van der Waals surface area contributed by atoms with Gasteiger partial charge in [0.05, 0.1) is 19.6 Å². The minimum atomic E-state index is -0.858. The first-order chi connectivity index (χ1) is 6.63. The number of halogens is 1. The van der Waals surface area contributed by atoms with Crippen LogP contribution in [0.3, 0.4) is 0 Å². The Bertz CT molecular complexity index is 312. The second-order valence-electron chi connectivity index (χ2n) is 2.71. The highest BCUT2D eigenvalue weighted by Crippen LogP contribution is 2.17. The summed E-state index contributed by atoms with van der Waals surface area (Å²) in [4.78, 5) is 14.8. The first-order valence-corrected chi connectivity index (χ1v) is 4.79. The number of hydrogen-bond donors (Lipinski definition) is 1. The molecule has 1 N–H and O–H groups in total. The van der Waals surface area contributed by atoms with E-state index in [4.69, 9.17) is 0 Å². The zero-order valence-electron chi connectivity index (χ0n) is 7.61. The third-order valence-corrected chi connectivity index (χ3v) is 2.19. The molecular formula is C9H10BrNO3. The monoisotopic (exact) mass is 259 g/mol. The lowest BCUT2D eigenvalue weighted by atomic mass is 10.1. The smallest absolute Gasteiger partial charge is 0.308 e. The van der Waals surface area contributed by atoms with E-state index in [2.05, 4.69) is 25.7 Å². The number of aliphatic hydroxyl groups excluding tert-OH is 1. The quantitative estimate of drug-likeness (QED) is 0.660. The van der Waals surface area contributed by atoms with Gasteiger partial charge in [0.25, 0.3) is 0 Å². The van der Waals surface area contributed by atoms with Crippen LogP contribution in [0.15, 0.2) is 22.9 Å². The molecular weight excluding hydrogens is 250 g/mol. The molecule has 5 heteroatoms. The Morgan fingerprint density at radius 1 is 1.71 bits per heavy atom. The fourth-order valence-electron chi connectivity index (χ4n) is 0.943. The van der Waals surface area contributed by atoms with E-state index < -0.39 is 12.1 Å². The third kappa shape index (κ3) is 3.08. The SMILES string of the molecule is COC(=O)C[C@@H](O)c1ccc(Br)nc1. The van der Waals surface area contributed by atoms with Crippen molar-refractivity contribution >= 4 is 21.9 Å². The predicted octanol–water partition coefficient (Wildman–Crippen LogP) is 1.44. The van der Waals surface area contributed by atoms with Crippen molar-refractivity contribution in [1.29, 1.82) is 0 Å². The molecule has 0 spiro atoms. The summed E-state index contributed by atoms with van der Waals surface area (Å²) in [6.07, 6.45) is 0.598. The van der Waals surface area contributed by atoms with E-state index in [9.17, 15) is 9.90 Å². The Balaban J connectivity index is 2.65. The Morgan fingerprint density at radius 2 is 2.43 bits per heavy atom. The summed E-state index contributed by atoms with van der Waals surface area (Å²) in [6.45, 7) is 0. The zero-order chi connectivity index (χ0) is 10.6. The maximum absolute atomic E-state index is 10.9. The lowest BCUT2D eigenvalue weighted by Gasteiger charge is -2.08. The molecule has 4 nitrogen and oxygen atoms in total. The predicted molar refractivity (Wildman–Crippen MR) is 53.5 cm³/mol. The van der Waals surface area contributed by atoms with E-state index in [-0.39, 0.29) is 6.42 Å². The minimum Gasteiger partial charge on any atom is -0.469 e. The van der Waals surface area contributed by atoms with E-state index in [0.29, 0.717) is 10.2 Å². The van der Waals surface area contributed by atoms with E-state index in [0.717, 1.165) is 0 Å². The van der Waals surface area contributed by atoms with Gasteiger partial charge in [0.1, 0.15) is 4.60 Å². The van der Waals surface area contributed by atoms with Crippen LogP contribution < -0.4 is 0 Å². The van der Waals surface area contributed by atoms with Crippen molar-refractivity contribution in [2.45, 2.75) is 12.5 Å². The van der Waals surface area contributed by atoms with Crippen LogP contribution in [0.1, 0.15) is 18.1 Å². The summed E-state index contributed by atoms with van der Waals surface area (Å²) in [6, 6.07) is 3.40. The molecule has 0 aromatic carbocycles. The molecule has 1 aromatic rings. The standard InChI is InChI=1S/C9H10BrNO3/c1-14-9(13)4-7(12)6-2-3-8(10)11-5-6/h2-3,5,7,12H,4H2,1H3/t7-/m1/s1. The van der Waals surface area contributed by atoms with Crippen LogP contribution in [0.25, 0.3) is 0 Å². The van der Waals surface area contributed by atoms with Gasteiger partial charge in [-0.15, -0.1) is 0 Å². The maximum atomic E-state index is 10.9. The summed E-state index contributed by atoms with van der Waals surface area (Å²) >= 11 is 3.17. The first kappa shape index (κ1) is 11.1. The van der Waals surface area contributed by atoms with Crippen LogP contribution in [-0.4, -0.2) is 23.2 Å². The topological polar surface area (TPSA) is 59.4 Å². The molecule has 0 amide bonds. The van der Waals surface area contributed by atoms with Gasteiger partial charge < -0.3 is 9.84 Å². The van der Waals surface area contributed by atoms with Crippen molar-refractivity contribution < 1.29 is 14.6 Å². The molecule has 1 rings (SSSR count). The molecule has 1 atom stereocenters. The molecule has 0 fully saturated rings. The van der Waals surface area contributed by atoms with Crippen molar-refractivity contribution in [2.24, 2.45) is 0 Å². The van der Waals surface area contributed by atoms with Crippen molar-refractivity contribution in [3.05, 3.63) is 28.5 Å². The number of aromatic nitrogens is 1. The second-order valence-corrected chi connectivity index (χ2v) is 3.52. The fraction of sp³-hybridized carbons (Fsp3) is 0.333. The highest BCUT2D eigenvalue weighted by Gasteiger charge is 2.13. The number of carbonyl (C=O) groups is 1. The van der Waals surface area contributed by atoms with Crippen molar-refractivity contribution in [1.82, 2.24) is 4.98 Å². The molecule has 0 radical (unpaired) electrons. The molecule has 0 saturated carbocycles. The number of carbonyl (C=O) groups excluding carboxylic acids is 1. The van der Waals surface area contributed by atoms with Crippen LogP contribution in [0.5, 0.6) is 0 Å². The average molecular weight is 260 g/mol. The highest BCUT2D eigenvalue weighted by molar-refractivity contribution is 9.10. The fourth-order valence-corrected chi connectivity index (χ4v) is 1.18. The van der Waals surface area contributed by atoms with Crippen LogP contribution in [0, 0.1) is 0 Å². The molecule has 76 valence electrons. The van der Waals surface area contributed by atoms with Gasteiger partial charge in [-0.25, -0.2) is 4.98 Å². The Hall–Kier alpha value is -0.940. The van der Waals surface area contributed by atoms with Gasteiger partial charge in [-0.05, 0) is 27.6 Å². The summed E-state index contributed by atoms with van der Waals surface area (Å²) < 4.78 is 5.12. The van der Waals surface area contributed by atoms with Gasteiger partial charge in [-0.3, -0.25) is 4.79 Å². The summed E-state index contributed by atoms with van der Waals surface area (Å²) in [7, 11) is 1.29. The van der Waals surface area contributed by atoms with Crippen LogP contribution >= 0.6 is 15.9 Å². The number of pyridine rings is 1. The lowest BCUT2D eigenvalue weighted by molar-refractivity contribution is -0.142. The molecule has 0 saturated heterocycles. The molecule has 0 aliphatic rings.